The maximum atomic E-state index is 13.0. The lowest BCUT2D eigenvalue weighted by Gasteiger charge is -2.19. The number of aromatic nitrogens is 5. The minimum Gasteiger partial charge on any atom is -0.316 e. The third-order valence-electron chi connectivity index (χ3n) is 4.34. The van der Waals surface area contributed by atoms with E-state index in [0.29, 0.717) is 5.52 Å². The van der Waals surface area contributed by atoms with Crippen molar-refractivity contribution in [1.29, 1.82) is 0 Å². The number of nitrogens with one attached hydrogen (secondary N) is 3. The molecule has 1 unspecified atom stereocenters. The molecule has 2 aromatic carbocycles. The summed E-state index contributed by atoms with van der Waals surface area (Å²) < 4.78 is 30.2. The van der Waals surface area contributed by atoms with Crippen LogP contribution in [-0.4, -0.2) is 33.2 Å². The molecule has 148 valence electrons. The average Bonchev–Trinajstić information content (AvgIpc) is 3.22. The Balaban J connectivity index is 1.71. The zero-order chi connectivity index (χ0) is 20.4. The van der Waals surface area contributed by atoms with Gasteiger partial charge in [0.2, 0.25) is 10.0 Å². The Labute approximate surface area is 164 Å². The molecule has 0 aliphatic carbocycles. The predicted molar refractivity (Wildman–Crippen MR) is 105 cm³/mol. The molecule has 11 heteroatoms. The van der Waals surface area contributed by atoms with E-state index in [4.69, 9.17) is 0 Å². The highest BCUT2D eigenvalue weighted by Crippen LogP contribution is 2.20. The van der Waals surface area contributed by atoms with Crippen LogP contribution < -0.4 is 15.8 Å². The van der Waals surface area contributed by atoms with Crippen LogP contribution in [0.2, 0.25) is 0 Å². The molecule has 10 nitrogen and oxygen atoms in total. The molecule has 29 heavy (non-hydrogen) atoms. The number of sulfonamides is 1. The van der Waals surface area contributed by atoms with Gasteiger partial charge in [0.15, 0.2) is 0 Å². The van der Waals surface area contributed by atoms with E-state index in [1.165, 1.54) is 35.5 Å². The molecule has 2 aromatic heterocycles. The number of fused-ring (bicyclic) bond motifs is 1. The number of hydrogen-bond donors (Lipinski definition) is 3. The monoisotopic (exact) mass is 412 g/mol. The van der Waals surface area contributed by atoms with E-state index >= 15 is 0 Å². The van der Waals surface area contributed by atoms with E-state index in [0.717, 1.165) is 5.56 Å². The van der Waals surface area contributed by atoms with E-state index in [9.17, 15) is 18.0 Å². The Morgan fingerprint density at radius 2 is 1.72 bits per heavy atom. The number of nitrogens with zero attached hydrogens (tertiary/aromatic N) is 3. The molecule has 0 spiro atoms. The van der Waals surface area contributed by atoms with Crippen molar-refractivity contribution in [2.24, 2.45) is 0 Å². The van der Waals surface area contributed by atoms with Gasteiger partial charge >= 0.3 is 11.1 Å². The summed E-state index contributed by atoms with van der Waals surface area (Å²) in [4.78, 5) is 31.6. The summed E-state index contributed by atoms with van der Waals surface area (Å²) in [6.45, 7) is 0.237. The second kappa shape index (κ2) is 7.45. The van der Waals surface area contributed by atoms with Crippen molar-refractivity contribution in [3.8, 4) is 0 Å². The number of rotatable bonds is 6. The first-order chi connectivity index (χ1) is 13.9. The van der Waals surface area contributed by atoms with Crippen LogP contribution in [0.3, 0.4) is 0 Å². The van der Waals surface area contributed by atoms with Gasteiger partial charge in [-0.05, 0) is 23.8 Å². The summed E-state index contributed by atoms with van der Waals surface area (Å²) in [7, 11) is -3.95. The highest BCUT2D eigenvalue weighted by molar-refractivity contribution is 7.89. The van der Waals surface area contributed by atoms with Gasteiger partial charge in [-0.25, -0.2) is 18.1 Å². The van der Waals surface area contributed by atoms with Crippen molar-refractivity contribution in [3.05, 3.63) is 87.5 Å². The molecule has 3 N–H and O–H groups in total. The Kier molecular flexibility index (Phi) is 4.82. The third-order valence-corrected chi connectivity index (χ3v) is 5.81. The third kappa shape index (κ3) is 4.00. The van der Waals surface area contributed by atoms with Gasteiger partial charge in [0.25, 0.3) is 0 Å². The van der Waals surface area contributed by atoms with Crippen molar-refractivity contribution in [3.63, 3.8) is 0 Å². The minimum absolute atomic E-state index is 0.0489. The van der Waals surface area contributed by atoms with E-state index in [2.05, 4.69) is 24.8 Å². The summed E-state index contributed by atoms with van der Waals surface area (Å²) in [6, 6.07) is 12.6. The molecular weight excluding hydrogens is 396 g/mol. The first-order valence-corrected chi connectivity index (χ1v) is 10.1. The topological polar surface area (TPSA) is 143 Å². The van der Waals surface area contributed by atoms with Crippen LogP contribution in [0, 0.1) is 0 Å². The van der Waals surface area contributed by atoms with E-state index in [1.807, 2.05) is 30.3 Å². The van der Waals surface area contributed by atoms with Crippen LogP contribution in [0.25, 0.3) is 11.0 Å². The summed E-state index contributed by atoms with van der Waals surface area (Å²) in [5.41, 5.74) is -0.359. The number of hydrogen-bond acceptors (Lipinski definition) is 6. The number of H-pyrrole nitrogens is 2. The van der Waals surface area contributed by atoms with E-state index in [1.54, 1.807) is 0 Å². The van der Waals surface area contributed by atoms with E-state index in [-0.39, 0.29) is 17.0 Å². The lowest BCUT2D eigenvalue weighted by atomic mass is 10.1. The van der Waals surface area contributed by atoms with Crippen molar-refractivity contribution in [2.75, 3.05) is 0 Å². The summed E-state index contributed by atoms with van der Waals surface area (Å²) in [5.74, 6) is 0. The van der Waals surface area contributed by atoms with Crippen molar-refractivity contribution in [1.82, 2.24) is 29.5 Å². The average molecular weight is 412 g/mol. The van der Waals surface area contributed by atoms with Crippen LogP contribution in [-0.2, 0) is 16.6 Å². The predicted octanol–water partition coefficient (Wildman–Crippen LogP) is 0.528. The van der Waals surface area contributed by atoms with Crippen molar-refractivity contribution < 1.29 is 8.42 Å². The van der Waals surface area contributed by atoms with Crippen LogP contribution in [0.4, 0.5) is 0 Å². The molecule has 0 aliphatic heterocycles. The van der Waals surface area contributed by atoms with Gasteiger partial charge in [-0.3, -0.25) is 14.3 Å². The van der Waals surface area contributed by atoms with Gasteiger partial charge in [-0.15, -0.1) is 0 Å². The van der Waals surface area contributed by atoms with Crippen molar-refractivity contribution >= 4 is 21.1 Å². The largest absolute Gasteiger partial charge is 0.316 e. The fourth-order valence-electron chi connectivity index (χ4n) is 2.93. The molecule has 4 aromatic rings. The first kappa shape index (κ1) is 18.8. The highest BCUT2D eigenvalue weighted by atomic mass is 32.2. The van der Waals surface area contributed by atoms with E-state index < -0.39 is 27.2 Å². The molecule has 2 heterocycles. The second-order valence-corrected chi connectivity index (χ2v) is 8.03. The van der Waals surface area contributed by atoms with Gasteiger partial charge in [-0.1, -0.05) is 30.3 Å². The fraction of sp³-hybridized carbons (Fsp3) is 0.111. The summed E-state index contributed by atoms with van der Waals surface area (Å²) in [6.07, 6.45) is 2.87. The fourth-order valence-corrected chi connectivity index (χ4v) is 4.17. The first-order valence-electron chi connectivity index (χ1n) is 8.58. The molecule has 0 bridgehead atoms. The smallest absolute Gasteiger partial charge is 0.314 e. The number of benzene rings is 2. The second-order valence-electron chi connectivity index (χ2n) is 6.32. The molecule has 0 saturated carbocycles. The molecule has 1 atom stereocenters. The van der Waals surface area contributed by atoms with Gasteiger partial charge < -0.3 is 9.97 Å². The molecule has 0 radical (unpaired) electrons. The van der Waals surface area contributed by atoms with Crippen LogP contribution in [0.1, 0.15) is 11.6 Å². The zero-order valence-corrected chi connectivity index (χ0v) is 15.8. The van der Waals surface area contributed by atoms with Crippen LogP contribution >= 0.6 is 0 Å². The SMILES string of the molecule is O=c1[nH]c2ccc(S(=O)(=O)NC(Cn3cncn3)c3ccccc3)cc2[nH]c1=O. The maximum Gasteiger partial charge on any atom is 0.314 e. The lowest BCUT2D eigenvalue weighted by Crippen LogP contribution is -2.32. The quantitative estimate of drug-likeness (QED) is 0.394. The Morgan fingerprint density at radius 3 is 2.41 bits per heavy atom. The summed E-state index contributed by atoms with van der Waals surface area (Å²) in [5, 5.41) is 4.04. The van der Waals surface area contributed by atoms with Crippen molar-refractivity contribution in [2.45, 2.75) is 17.5 Å². The standard InChI is InChI=1S/C18H16N6O4S/c25-17-18(26)22-15-8-13(6-7-14(15)21-17)29(27,28)23-16(9-24-11-19-10-20-24)12-4-2-1-3-5-12/h1-8,10-11,16,23H,9H2,(H,21,25)(H,22,26). The summed E-state index contributed by atoms with van der Waals surface area (Å²) >= 11 is 0. The van der Waals surface area contributed by atoms with Gasteiger partial charge in [-0.2, -0.15) is 5.10 Å². The van der Waals surface area contributed by atoms with Gasteiger partial charge in [0.05, 0.1) is 28.5 Å². The van der Waals surface area contributed by atoms with Gasteiger partial charge in [0, 0.05) is 0 Å². The highest BCUT2D eigenvalue weighted by Gasteiger charge is 2.22. The Bertz CT molecular complexity index is 1360. The molecule has 0 amide bonds. The molecule has 0 aliphatic rings. The molecule has 0 saturated heterocycles. The minimum atomic E-state index is -3.95. The molecular formula is C18H16N6O4S. The maximum absolute atomic E-state index is 13.0. The molecule has 0 fully saturated rings. The van der Waals surface area contributed by atoms with Gasteiger partial charge in [0.1, 0.15) is 12.7 Å². The Hall–Kier alpha value is -3.57. The number of aromatic amines is 2. The van der Waals surface area contributed by atoms with Crippen LogP contribution in [0.5, 0.6) is 0 Å². The zero-order valence-electron chi connectivity index (χ0n) is 14.9. The molecule has 4 rings (SSSR count). The lowest BCUT2D eigenvalue weighted by molar-refractivity contribution is 0.482. The Morgan fingerprint density at radius 1 is 1.00 bits per heavy atom. The normalized spacial score (nSPS) is 12.8. The van der Waals surface area contributed by atoms with Crippen LogP contribution in [0.15, 0.2) is 75.7 Å².